The molecule has 0 saturated carbocycles. The predicted octanol–water partition coefficient (Wildman–Crippen LogP) is 3.11. The Hall–Kier alpha value is -0.710. The van der Waals surface area contributed by atoms with Crippen molar-refractivity contribution in [1.29, 1.82) is 0 Å². The van der Waals surface area contributed by atoms with Gasteiger partial charge in [-0.05, 0) is 50.9 Å². The van der Waals surface area contributed by atoms with E-state index in [2.05, 4.69) is 20.8 Å². The number of nitrogens with zero attached hydrogens (tertiary/aromatic N) is 1. The molecule has 1 aromatic carbocycles. The molecule has 0 aliphatic carbocycles. The lowest BCUT2D eigenvalue weighted by Gasteiger charge is -2.16. The van der Waals surface area contributed by atoms with E-state index in [0.29, 0.717) is 12.3 Å². The Morgan fingerprint density at radius 3 is 2.75 bits per heavy atom. The lowest BCUT2D eigenvalue weighted by Crippen LogP contribution is -2.25. The van der Waals surface area contributed by atoms with E-state index in [0.717, 1.165) is 42.5 Å². The highest BCUT2D eigenvalue weighted by atomic mass is 79.9. The number of rotatable bonds is 6. The Labute approximate surface area is 129 Å². The third-order valence-electron chi connectivity index (χ3n) is 4.04. The van der Waals surface area contributed by atoms with Crippen LogP contribution in [-0.4, -0.2) is 41.5 Å². The van der Waals surface area contributed by atoms with Crippen molar-refractivity contribution in [2.24, 2.45) is 5.92 Å². The van der Waals surface area contributed by atoms with E-state index in [1.165, 1.54) is 0 Å². The predicted molar refractivity (Wildman–Crippen MR) is 83.9 cm³/mol. The van der Waals surface area contributed by atoms with Crippen molar-refractivity contribution < 1.29 is 9.90 Å². The summed E-state index contributed by atoms with van der Waals surface area (Å²) in [5, 5.41) is 9.57. The largest absolute Gasteiger partial charge is 0.393 e. The molecule has 1 heterocycles. The van der Waals surface area contributed by atoms with E-state index in [1.54, 1.807) is 0 Å². The molecule has 20 heavy (non-hydrogen) atoms. The first-order valence-electron chi connectivity index (χ1n) is 7.25. The number of likely N-dealkylation sites (tertiary alicyclic amines) is 1. The van der Waals surface area contributed by atoms with Crippen LogP contribution in [0.1, 0.15) is 36.5 Å². The molecular formula is C16H22BrNO2. The van der Waals surface area contributed by atoms with E-state index in [1.807, 2.05) is 31.2 Å². The van der Waals surface area contributed by atoms with E-state index >= 15 is 0 Å². The molecule has 0 radical (unpaired) electrons. The molecular weight excluding hydrogens is 318 g/mol. The number of benzene rings is 1. The van der Waals surface area contributed by atoms with Gasteiger partial charge in [-0.1, -0.05) is 28.1 Å². The second-order valence-electron chi connectivity index (χ2n) is 5.62. The summed E-state index contributed by atoms with van der Waals surface area (Å²) in [5.41, 5.74) is 0.788. The average molecular weight is 340 g/mol. The lowest BCUT2D eigenvalue weighted by molar-refractivity contribution is 0.0973. The fourth-order valence-corrected chi connectivity index (χ4v) is 2.97. The summed E-state index contributed by atoms with van der Waals surface area (Å²) in [6.45, 7) is 4.82. The SMILES string of the molecule is CC(O)C1CCN(CCCC(=O)c2ccc(Br)cc2)C1. The van der Waals surface area contributed by atoms with Gasteiger partial charge in [-0.3, -0.25) is 4.79 Å². The van der Waals surface area contributed by atoms with Crippen molar-refractivity contribution in [1.82, 2.24) is 4.90 Å². The van der Waals surface area contributed by atoms with E-state index in [9.17, 15) is 9.90 Å². The third-order valence-corrected chi connectivity index (χ3v) is 4.56. The van der Waals surface area contributed by atoms with Crippen molar-refractivity contribution in [3.8, 4) is 0 Å². The summed E-state index contributed by atoms with van der Waals surface area (Å²) in [6, 6.07) is 7.54. The summed E-state index contributed by atoms with van der Waals surface area (Å²) in [6.07, 6.45) is 2.33. The first-order valence-corrected chi connectivity index (χ1v) is 8.05. The Morgan fingerprint density at radius 1 is 1.45 bits per heavy atom. The number of carbonyl (C=O) groups excluding carboxylic acids is 1. The fraction of sp³-hybridized carbons (Fsp3) is 0.562. The number of hydrogen-bond acceptors (Lipinski definition) is 3. The van der Waals surface area contributed by atoms with Crippen LogP contribution in [0.25, 0.3) is 0 Å². The number of halogens is 1. The molecule has 2 unspecified atom stereocenters. The Balaban J connectivity index is 1.71. The monoisotopic (exact) mass is 339 g/mol. The first kappa shape index (κ1) is 15.7. The maximum Gasteiger partial charge on any atom is 0.162 e. The summed E-state index contributed by atoms with van der Waals surface area (Å²) in [4.78, 5) is 14.4. The van der Waals surface area contributed by atoms with E-state index in [4.69, 9.17) is 0 Å². The number of hydrogen-bond donors (Lipinski definition) is 1. The van der Waals surface area contributed by atoms with Gasteiger partial charge in [0, 0.05) is 23.0 Å². The van der Waals surface area contributed by atoms with Crippen LogP contribution in [-0.2, 0) is 0 Å². The van der Waals surface area contributed by atoms with Gasteiger partial charge in [-0.2, -0.15) is 0 Å². The van der Waals surface area contributed by atoms with Crippen LogP contribution in [0.4, 0.5) is 0 Å². The molecule has 0 aromatic heterocycles. The van der Waals surface area contributed by atoms with Crippen LogP contribution < -0.4 is 0 Å². The van der Waals surface area contributed by atoms with Gasteiger partial charge in [0.05, 0.1) is 6.10 Å². The molecule has 1 saturated heterocycles. The van der Waals surface area contributed by atoms with Gasteiger partial charge in [0.15, 0.2) is 5.78 Å². The van der Waals surface area contributed by atoms with Gasteiger partial charge in [0.25, 0.3) is 0 Å². The van der Waals surface area contributed by atoms with Crippen LogP contribution >= 0.6 is 15.9 Å². The van der Waals surface area contributed by atoms with Gasteiger partial charge < -0.3 is 10.0 Å². The molecule has 4 heteroatoms. The second kappa shape index (κ2) is 7.34. The minimum absolute atomic E-state index is 0.212. The number of aliphatic hydroxyl groups is 1. The molecule has 1 fully saturated rings. The van der Waals surface area contributed by atoms with Crippen LogP contribution in [0.5, 0.6) is 0 Å². The van der Waals surface area contributed by atoms with Gasteiger partial charge in [-0.25, -0.2) is 0 Å². The zero-order valence-corrected chi connectivity index (χ0v) is 13.5. The second-order valence-corrected chi connectivity index (χ2v) is 6.54. The Kier molecular flexibility index (Phi) is 5.75. The molecule has 0 spiro atoms. The highest BCUT2D eigenvalue weighted by molar-refractivity contribution is 9.10. The summed E-state index contributed by atoms with van der Waals surface area (Å²) >= 11 is 3.37. The van der Waals surface area contributed by atoms with Gasteiger partial charge in [0.1, 0.15) is 0 Å². The standard InChI is InChI=1S/C16H22BrNO2/c1-12(19)14-8-10-18(11-14)9-2-3-16(20)13-4-6-15(17)7-5-13/h4-7,12,14,19H,2-3,8-11H2,1H3. The summed E-state index contributed by atoms with van der Waals surface area (Å²) < 4.78 is 0.996. The molecule has 110 valence electrons. The molecule has 0 bridgehead atoms. The first-order chi connectivity index (χ1) is 9.56. The van der Waals surface area contributed by atoms with Crippen molar-refractivity contribution in [2.45, 2.75) is 32.3 Å². The molecule has 1 aromatic rings. The smallest absolute Gasteiger partial charge is 0.162 e. The average Bonchev–Trinajstić information content (AvgIpc) is 2.88. The zero-order chi connectivity index (χ0) is 14.5. The van der Waals surface area contributed by atoms with E-state index < -0.39 is 0 Å². The van der Waals surface area contributed by atoms with E-state index in [-0.39, 0.29) is 11.9 Å². The number of ketones is 1. The van der Waals surface area contributed by atoms with Crippen molar-refractivity contribution in [2.75, 3.05) is 19.6 Å². The quantitative estimate of drug-likeness (QED) is 0.809. The molecule has 3 nitrogen and oxygen atoms in total. The molecule has 1 aliphatic rings. The highest BCUT2D eigenvalue weighted by Crippen LogP contribution is 2.20. The maximum atomic E-state index is 12.0. The fourth-order valence-electron chi connectivity index (χ4n) is 2.70. The third kappa shape index (κ3) is 4.40. The highest BCUT2D eigenvalue weighted by Gasteiger charge is 2.25. The van der Waals surface area contributed by atoms with Gasteiger partial charge in [0.2, 0.25) is 0 Å². The molecule has 0 amide bonds. The van der Waals surface area contributed by atoms with Gasteiger partial charge in [-0.15, -0.1) is 0 Å². The lowest BCUT2D eigenvalue weighted by atomic mass is 10.0. The number of aliphatic hydroxyl groups excluding tert-OH is 1. The number of carbonyl (C=O) groups is 1. The molecule has 1 N–H and O–H groups in total. The van der Waals surface area contributed by atoms with Crippen LogP contribution in [0.2, 0.25) is 0 Å². The Morgan fingerprint density at radius 2 is 2.15 bits per heavy atom. The summed E-state index contributed by atoms with van der Waals surface area (Å²) in [7, 11) is 0. The molecule has 2 atom stereocenters. The van der Waals surface area contributed by atoms with Crippen molar-refractivity contribution in [3.05, 3.63) is 34.3 Å². The van der Waals surface area contributed by atoms with Crippen molar-refractivity contribution in [3.63, 3.8) is 0 Å². The topological polar surface area (TPSA) is 40.5 Å². The van der Waals surface area contributed by atoms with Gasteiger partial charge >= 0.3 is 0 Å². The van der Waals surface area contributed by atoms with Crippen LogP contribution in [0.3, 0.4) is 0 Å². The minimum atomic E-state index is -0.218. The van der Waals surface area contributed by atoms with Crippen molar-refractivity contribution >= 4 is 21.7 Å². The Bertz CT molecular complexity index is 444. The van der Waals surface area contributed by atoms with Crippen LogP contribution in [0.15, 0.2) is 28.7 Å². The summed E-state index contributed by atoms with van der Waals surface area (Å²) in [5.74, 6) is 0.612. The zero-order valence-electron chi connectivity index (χ0n) is 11.9. The number of Topliss-reactive ketones (excluding diaryl/α,β-unsaturated/α-hetero) is 1. The van der Waals surface area contributed by atoms with Crippen LogP contribution in [0, 0.1) is 5.92 Å². The maximum absolute atomic E-state index is 12.0. The normalized spacial score (nSPS) is 21.1. The molecule has 2 rings (SSSR count). The minimum Gasteiger partial charge on any atom is -0.393 e. The molecule has 1 aliphatic heterocycles.